The second-order valence-corrected chi connectivity index (χ2v) is 2.13. The van der Waals surface area contributed by atoms with Crippen molar-refractivity contribution >= 4 is 11.6 Å². The Labute approximate surface area is 58.4 Å². The normalized spacial score (nSPS) is 10.0. The molecule has 0 bridgehead atoms. The molecule has 0 saturated carbocycles. The van der Waals surface area contributed by atoms with Gasteiger partial charge in [-0.25, -0.2) is 0 Å². The average Bonchev–Trinajstić information content (AvgIpc) is 2.17. The van der Waals surface area contributed by atoms with Crippen LogP contribution in [0.4, 0.5) is 0 Å². The van der Waals surface area contributed by atoms with Crippen LogP contribution in [0.5, 0.6) is 0 Å². The van der Waals surface area contributed by atoms with Crippen molar-refractivity contribution in [1.29, 1.82) is 0 Å². The highest BCUT2D eigenvalue weighted by Crippen LogP contribution is 2.03. The summed E-state index contributed by atoms with van der Waals surface area (Å²) in [6, 6.07) is 1.79. The Morgan fingerprint density at radius 3 is 3.11 bits per heavy atom. The first-order valence-electron chi connectivity index (χ1n) is 2.67. The number of halogens is 1. The lowest BCUT2D eigenvalue weighted by Crippen LogP contribution is -2.04. The number of aromatic amines is 1. The SMILES string of the molecule is CNCc1cc(Cl)n[nH]1. The maximum Gasteiger partial charge on any atom is 0.151 e. The van der Waals surface area contributed by atoms with E-state index < -0.39 is 0 Å². The smallest absolute Gasteiger partial charge is 0.151 e. The summed E-state index contributed by atoms with van der Waals surface area (Å²) in [5, 5.41) is 9.98. The Hall–Kier alpha value is -0.540. The molecular weight excluding hydrogens is 138 g/mol. The molecule has 2 N–H and O–H groups in total. The van der Waals surface area contributed by atoms with E-state index in [0.717, 1.165) is 12.2 Å². The van der Waals surface area contributed by atoms with Gasteiger partial charge in [-0.3, -0.25) is 5.10 Å². The minimum absolute atomic E-state index is 0.514. The predicted octanol–water partition coefficient (Wildman–Crippen LogP) is 0.782. The zero-order valence-corrected chi connectivity index (χ0v) is 5.87. The lowest BCUT2D eigenvalue weighted by Gasteiger charge is -1.89. The topological polar surface area (TPSA) is 40.7 Å². The highest BCUT2D eigenvalue weighted by atomic mass is 35.5. The van der Waals surface area contributed by atoms with Crippen LogP contribution in [0, 0.1) is 0 Å². The second-order valence-electron chi connectivity index (χ2n) is 1.75. The number of nitrogens with zero attached hydrogens (tertiary/aromatic N) is 1. The molecule has 1 heterocycles. The number of H-pyrrole nitrogens is 1. The highest BCUT2D eigenvalue weighted by molar-refractivity contribution is 6.29. The molecule has 0 unspecified atom stereocenters. The van der Waals surface area contributed by atoms with Crippen molar-refractivity contribution in [2.24, 2.45) is 0 Å². The Bertz CT molecular complexity index is 184. The first-order chi connectivity index (χ1) is 4.33. The fraction of sp³-hybridized carbons (Fsp3) is 0.400. The third-order valence-electron chi connectivity index (χ3n) is 0.967. The summed E-state index contributed by atoms with van der Waals surface area (Å²) in [6.07, 6.45) is 0. The van der Waals surface area contributed by atoms with Crippen molar-refractivity contribution in [2.45, 2.75) is 6.54 Å². The third kappa shape index (κ3) is 1.69. The summed E-state index contributed by atoms with van der Waals surface area (Å²) in [7, 11) is 1.87. The summed E-state index contributed by atoms with van der Waals surface area (Å²) < 4.78 is 0. The summed E-state index contributed by atoms with van der Waals surface area (Å²) in [6.45, 7) is 0.778. The standard InChI is InChI=1S/C5H8ClN3/c1-7-3-4-2-5(6)9-8-4/h2,7H,3H2,1H3,(H,8,9). The number of aromatic nitrogens is 2. The first kappa shape index (κ1) is 6.58. The molecule has 0 aromatic carbocycles. The molecule has 0 aliphatic carbocycles. The minimum atomic E-state index is 0.514. The van der Waals surface area contributed by atoms with Gasteiger partial charge in [-0.05, 0) is 13.1 Å². The molecule has 0 radical (unpaired) electrons. The van der Waals surface area contributed by atoms with Gasteiger partial charge in [-0.15, -0.1) is 0 Å². The lowest BCUT2D eigenvalue weighted by atomic mass is 10.4. The maximum absolute atomic E-state index is 5.53. The van der Waals surface area contributed by atoms with Crippen molar-refractivity contribution < 1.29 is 0 Å². The molecule has 0 saturated heterocycles. The Morgan fingerprint density at radius 1 is 1.89 bits per heavy atom. The second kappa shape index (κ2) is 2.85. The molecule has 0 aliphatic heterocycles. The van der Waals surface area contributed by atoms with Gasteiger partial charge in [-0.1, -0.05) is 11.6 Å². The van der Waals surface area contributed by atoms with E-state index in [1.54, 1.807) is 6.07 Å². The van der Waals surface area contributed by atoms with E-state index >= 15 is 0 Å². The fourth-order valence-corrected chi connectivity index (χ4v) is 0.789. The quantitative estimate of drug-likeness (QED) is 0.646. The van der Waals surface area contributed by atoms with Crippen molar-refractivity contribution in [3.8, 4) is 0 Å². The average molecular weight is 146 g/mol. The number of hydrogen-bond donors (Lipinski definition) is 2. The lowest BCUT2D eigenvalue weighted by molar-refractivity contribution is 0.784. The van der Waals surface area contributed by atoms with E-state index in [2.05, 4.69) is 15.5 Å². The van der Waals surface area contributed by atoms with Gasteiger partial charge in [0.05, 0.1) is 5.69 Å². The summed E-state index contributed by atoms with van der Waals surface area (Å²) in [5.74, 6) is 0. The number of hydrogen-bond acceptors (Lipinski definition) is 2. The van der Waals surface area contributed by atoms with Gasteiger partial charge in [0.15, 0.2) is 5.15 Å². The molecule has 0 fully saturated rings. The van der Waals surface area contributed by atoms with E-state index in [4.69, 9.17) is 11.6 Å². The van der Waals surface area contributed by atoms with E-state index in [1.165, 1.54) is 0 Å². The Kier molecular flexibility index (Phi) is 2.08. The van der Waals surface area contributed by atoms with Crippen LogP contribution in [-0.2, 0) is 6.54 Å². The molecule has 0 amide bonds. The van der Waals surface area contributed by atoms with Crippen LogP contribution in [0.3, 0.4) is 0 Å². The van der Waals surface area contributed by atoms with Crippen molar-refractivity contribution in [2.75, 3.05) is 7.05 Å². The van der Waals surface area contributed by atoms with Crippen LogP contribution < -0.4 is 5.32 Å². The van der Waals surface area contributed by atoms with Crippen molar-refractivity contribution in [3.63, 3.8) is 0 Å². The molecule has 0 atom stereocenters. The number of nitrogens with one attached hydrogen (secondary N) is 2. The van der Waals surface area contributed by atoms with Gasteiger partial charge in [0, 0.05) is 6.54 Å². The van der Waals surface area contributed by atoms with E-state index in [1.807, 2.05) is 7.05 Å². The minimum Gasteiger partial charge on any atom is -0.314 e. The molecule has 9 heavy (non-hydrogen) atoms. The van der Waals surface area contributed by atoms with Gasteiger partial charge in [-0.2, -0.15) is 5.10 Å². The molecule has 0 aliphatic rings. The van der Waals surface area contributed by atoms with Crippen LogP contribution >= 0.6 is 11.6 Å². The summed E-state index contributed by atoms with van der Waals surface area (Å²) in [5.41, 5.74) is 1.00. The molecular formula is C5H8ClN3. The molecule has 1 aromatic rings. The molecule has 50 valence electrons. The van der Waals surface area contributed by atoms with Crippen LogP contribution in [-0.4, -0.2) is 17.2 Å². The van der Waals surface area contributed by atoms with E-state index in [9.17, 15) is 0 Å². The van der Waals surface area contributed by atoms with Gasteiger partial charge in [0.2, 0.25) is 0 Å². The van der Waals surface area contributed by atoms with Crippen LogP contribution in [0.25, 0.3) is 0 Å². The van der Waals surface area contributed by atoms with Crippen LogP contribution in [0.15, 0.2) is 6.07 Å². The van der Waals surface area contributed by atoms with Crippen LogP contribution in [0.1, 0.15) is 5.69 Å². The van der Waals surface area contributed by atoms with E-state index in [0.29, 0.717) is 5.15 Å². The van der Waals surface area contributed by atoms with Gasteiger partial charge >= 0.3 is 0 Å². The molecule has 3 nitrogen and oxygen atoms in total. The molecule has 1 rings (SSSR count). The Morgan fingerprint density at radius 2 is 2.67 bits per heavy atom. The highest BCUT2D eigenvalue weighted by Gasteiger charge is 1.93. The van der Waals surface area contributed by atoms with Gasteiger partial charge in [0.25, 0.3) is 0 Å². The monoisotopic (exact) mass is 145 g/mol. The number of rotatable bonds is 2. The molecule has 0 spiro atoms. The fourth-order valence-electron chi connectivity index (χ4n) is 0.615. The van der Waals surface area contributed by atoms with E-state index in [-0.39, 0.29) is 0 Å². The zero-order valence-electron chi connectivity index (χ0n) is 5.11. The van der Waals surface area contributed by atoms with Crippen LogP contribution in [0.2, 0.25) is 5.15 Å². The first-order valence-corrected chi connectivity index (χ1v) is 3.05. The van der Waals surface area contributed by atoms with Gasteiger partial charge < -0.3 is 5.32 Å². The van der Waals surface area contributed by atoms with Crippen molar-refractivity contribution in [3.05, 3.63) is 16.9 Å². The third-order valence-corrected chi connectivity index (χ3v) is 1.16. The van der Waals surface area contributed by atoms with Crippen molar-refractivity contribution in [1.82, 2.24) is 15.5 Å². The summed E-state index contributed by atoms with van der Waals surface area (Å²) in [4.78, 5) is 0. The largest absolute Gasteiger partial charge is 0.314 e. The van der Waals surface area contributed by atoms with Gasteiger partial charge in [0.1, 0.15) is 0 Å². The molecule has 4 heteroatoms. The molecule has 1 aromatic heterocycles. The summed E-state index contributed by atoms with van der Waals surface area (Å²) >= 11 is 5.53. The maximum atomic E-state index is 5.53. The zero-order chi connectivity index (χ0) is 6.69. The predicted molar refractivity (Wildman–Crippen MR) is 36.4 cm³/mol. The Balaban J connectivity index is 2.61.